The fourth-order valence-electron chi connectivity index (χ4n) is 7.89. The van der Waals surface area contributed by atoms with Crippen LogP contribution in [0.5, 0.6) is 5.75 Å². The molecule has 5 N–H and O–H groups in total. The second kappa shape index (κ2) is 12.0. The zero-order valence-corrected chi connectivity index (χ0v) is 25.9. The Kier molecular flexibility index (Phi) is 8.72. The van der Waals surface area contributed by atoms with E-state index < -0.39 is 24.2 Å². The predicted molar refractivity (Wildman–Crippen MR) is 166 cm³/mol. The van der Waals surface area contributed by atoms with Gasteiger partial charge in [-0.05, 0) is 60.1 Å². The minimum absolute atomic E-state index is 0.110. The Hall–Kier alpha value is -2.91. The summed E-state index contributed by atoms with van der Waals surface area (Å²) >= 11 is 0. The molecular formula is C34H48N4O4. The van der Waals surface area contributed by atoms with Gasteiger partial charge in [0.15, 0.2) is 0 Å². The van der Waals surface area contributed by atoms with Crippen molar-refractivity contribution in [2.45, 2.75) is 71.4 Å². The normalized spacial score (nSPS) is 30.7. The van der Waals surface area contributed by atoms with Gasteiger partial charge in [0.25, 0.3) is 0 Å². The highest BCUT2D eigenvalue weighted by atomic mass is 16.7. The average molecular weight is 577 g/mol. The number of rotatable bonds is 10. The SMILES string of the molecule is C=C(NC)c1cccc(-c2cccc(CN3O[C@@H](CN)[C@H]([C@H](C)O)[C@H]3C(=O)N[C@H]3C[C@H]4C[C@@H]([C@@H]3C)C4(C)C)c2OC)c1. The van der Waals surface area contributed by atoms with Gasteiger partial charge in [0.05, 0.1) is 25.9 Å². The van der Waals surface area contributed by atoms with E-state index in [1.54, 1.807) is 19.1 Å². The second-order valence-corrected chi connectivity index (χ2v) is 13.1. The molecule has 6 rings (SSSR count). The number of benzene rings is 2. The number of carbonyl (C=O) groups excluding carboxylic acids is 1. The first-order valence-electron chi connectivity index (χ1n) is 15.3. The van der Waals surface area contributed by atoms with Crippen molar-refractivity contribution in [2.75, 3.05) is 20.7 Å². The van der Waals surface area contributed by atoms with E-state index in [0.717, 1.165) is 34.4 Å². The number of nitrogens with two attached hydrogens (primary N) is 1. The topological polar surface area (TPSA) is 109 Å². The van der Waals surface area contributed by atoms with Crippen LogP contribution >= 0.6 is 0 Å². The molecule has 1 saturated heterocycles. The minimum Gasteiger partial charge on any atom is -0.496 e. The number of nitrogens with zero attached hydrogens (tertiary/aromatic N) is 1. The third kappa shape index (κ3) is 5.34. The quantitative estimate of drug-likeness (QED) is 0.336. The highest BCUT2D eigenvalue weighted by Crippen LogP contribution is 2.61. The number of aliphatic hydroxyl groups excluding tert-OH is 1. The van der Waals surface area contributed by atoms with Crippen LogP contribution < -0.4 is 21.1 Å². The van der Waals surface area contributed by atoms with Crippen molar-refractivity contribution in [3.8, 4) is 16.9 Å². The molecule has 2 aromatic carbocycles. The van der Waals surface area contributed by atoms with E-state index in [2.05, 4.69) is 44.1 Å². The third-order valence-electron chi connectivity index (χ3n) is 10.6. The number of ether oxygens (including phenoxy) is 1. The highest BCUT2D eigenvalue weighted by molar-refractivity contribution is 5.83. The molecule has 0 aromatic heterocycles. The number of methoxy groups -OCH3 is 1. The lowest BCUT2D eigenvalue weighted by Crippen LogP contribution is -2.62. The maximum atomic E-state index is 14.1. The van der Waals surface area contributed by atoms with E-state index in [1.165, 1.54) is 6.42 Å². The summed E-state index contributed by atoms with van der Waals surface area (Å²) in [5.41, 5.74) is 11.1. The molecule has 8 nitrogen and oxygen atoms in total. The van der Waals surface area contributed by atoms with Crippen LogP contribution in [0.4, 0.5) is 0 Å². The summed E-state index contributed by atoms with van der Waals surface area (Å²) in [6.07, 6.45) is 0.979. The number of nitrogens with one attached hydrogen (secondary N) is 2. The number of fused-ring (bicyclic) bond motifs is 2. The lowest BCUT2D eigenvalue weighted by Gasteiger charge is -2.62. The molecule has 3 aliphatic carbocycles. The molecule has 4 aliphatic rings. The highest BCUT2D eigenvalue weighted by Gasteiger charge is 2.57. The Labute approximate surface area is 250 Å². The summed E-state index contributed by atoms with van der Waals surface area (Å²) in [4.78, 5) is 20.4. The van der Waals surface area contributed by atoms with Crippen molar-refractivity contribution < 1.29 is 19.5 Å². The summed E-state index contributed by atoms with van der Waals surface area (Å²) in [5.74, 6) is 1.77. The fourth-order valence-corrected chi connectivity index (χ4v) is 7.89. The number of hydrogen-bond acceptors (Lipinski definition) is 7. The zero-order valence-electron chi connectivity index (χ0n) is 25.9. The van der Waals surface area contributed by atoms with E-state index >= 15 is 0 Å². The standard InChI is InChI=1S/C34H48N4O4/c1-19-27-15-25(34(27,4)5)16-28(19)37-33(40)31-30(21(3)39)29(17-35)42-38(31)18-24-12-9-13-26(32(24)41-7)23-11-8-10-22(14-23)20(2)36-6/h8-14,19,21,25,27-31,36,39H,2,15-18,35H2,1,3-7H3,(H,37,40)/t19-,21-,25+,27-,28-,29-,30-,31-/m0/s1. The molecule has 2 aromatic rings. The molecule has 228 valence electrons. The first kappa shape index (κ1) is 30.5. The van der Waals surface area contributed by atoms with Gasteiger partial charge in [-0.25, -0.2) is 0 Å². The Morgan fingerprint density at radius 3 is 2.62 bits per heavy atom. The number of para-hydroxylation sites is 1. The first-order valence-corrected chi connectivity index (χ1v) is 15.3. The van der Waals surface area contributed by atoms with Crippen molar-refractivity contribution in [1.82, 2.24) is 15.7 Å². The van der Waals surface area contributed by atoms with E-state index in [4.69, 9.17) is 15.3 Å². The summed E-state index contributed by atoms with van der Waals surface area (Å²) in [6, 6.07) is 13.6. The molecule has 0 unspecified atom stereocenters. The molecule has 3 saturated carbocycles. The first-order chi connectivity index (χ1) is 20.0. The lowest BCUT2D eigenvalue weighted by atomic mass is 9.45. The number of carbonyl (C=O) groups is 1. The van der Waals surface area contributed by atoms with Crippen LogP contribution in [0.3, 0.4) is 0 Å². The van der Waals surface area contributed by atoms with Crippen molar-refractivity contribution in [3.05, 3.63) is 60.2 Å². The van der Waals surface area contributed by atoms with Crippen molar-refractivity contribution in [3.63, 3.8) is 0 Å². The molecule has 0 radical (unpaired) electrons. The molecule has 8 heteroatoms. The summed E-state index contributed by atoms with van der Waals surface area (Å²) in [6.45, 7) is 13.3. The van der Waals surface area contributed by atoms with Gasteiger partial charge >= 0.3 is 0 Å². The largest absolute Gasteiger partial charge is 0.496 e. The van der Waals surface area contributed by atoms with Gasteiger partial charge in [-0.1, -0.05) is 63.7 Å². The molecule has 4 fully saturated rings. The molecule has 42 heavy (non-hydrogen) atoms. The van der Waals surface area contributed by atoms with Crippen molar-refractivity contribution >= 4 is 11.6 Å². The molecule has 8 atom stereocenters. The van der Waals surface area contributed by atoms with E-state index in [0.29, 0.717) is 35.5 Å². The van der Waals surface area contributed by atoms with Crippen LogP contribution in [0.25, 0.3) is 16.8 Å². The number of hydroxylamine groups is 2. The summed E-state index contributed by atoms with van der Waals surface area (Å²) < 4.78 is 5.97. The number of aliphatic hydroxyl groups is 1. The molecule has 0 spiro atoms. The van der Waals surface area contributed by atoms with Crippen LogP contribution in [0.2, 0.25) is 0 Å². The summed E-state index contributed by atoms with van der Waals surface area (Å²) in [7, 11) is 3.51. The van der Waals surface area contributed by atoms with Gasteiger partial charge in [-0.3, -0.25) is 9.63 Å². The Bertz CT molecular complexity index is 1310. The van der Waals surface area contributed by atoms with Gasteiger partial charge < -0.3 is 26.2 Å². The maximum Gasteiger partial charge on any atom is 0.240 e. The zero-order chi connectivity index (χ0) is 30.3. The van der Waals surface area contributed by atoms with Crippen LogP contribution in [0.1, 0.15) is 51.7 Å². The van der Waals surface area contributed by atoms with Crippen LogP contribution in [0.15, 0.2) is 49.0 Å². The monoisotopic (exact) mass is 576 g/mol. The predicted octanol–water partition coefficient (Wildman–Crippen LogP) is 4.18. The van der Waals surface area contributed by atoms with E-state index in [-0.39, 0.29) is 18.5 Å². The third-order valence-corrected chi connectivity index (χ3v) is 10.6. The van der Waals surface area contributed by atoms with Crippen LogP contribution in [0, 0.1) is 29.1 Å². The number of hydrogen-bond donors (Lipinski definition) is 4. The summed E-state index contributed by atoms with van der Waals surface area (Å²) in [5, 5.41) is 19.0. The van der Waals surface area contributed by atoms with E-state index in [9.17, 15) is 9.90 Å². The fraction of sp³-hybridized carbons (Fsp3) is 0.559. The van der Waals surface area contributed by atoms with E-state index in [1.807, 2.05) is 43.4 Å². The smallest absolute Gasteiger partial charge is 0.240 e. The lowest BCUT2D eigenvalue weighted by molar-refractivity contribution is -0.175. The van der Waals surface area contributed by atoms with Crippen LogP contribution in [-0.4, -0.2) is 61.1 Å². The van der Waals surface area contributed by atoms with Crippen molar-refractivity contribution in [2.24, 2.45) is 34.8 Å². The molecular weight excluding hydrogens is 528 g/mol. The minimum atomic E-state index is -0.772. The average Bonchev–Trinajstić information content (AvgIpc) is 3.36. The Morgan fingerprint density at radius 2 is 2.00 bits per heavy atom. The second-order valence-electron chi connectivity index (χ2n) is 13.1. The van der Waals surface area contributed by atoms with Crippen LogP contribution in [-0.2, 0) is 16.2 Å². The molecule has 1 amide bonds. The Balaban J connectivity index is 1.43. The molecule has 1 aliphatic heterocycles. The number of amides is 1. The van der Waals surface area contributed by atoms with Gasteiger partial charge in [-0.15, -0.1) is 0 Å². The maximum absolute atomic E-state index is 14.1. The van der Waals surface area contributed by atoms with Gasteiger partial charge in [0, 0.05) is 42.4 Å². The Morgan fingerprint density at radius 1 is 1.26 bits per heavy atom. The molecule has 2 bridgehead atoms. The van der Waals surface area contributed by atoms with Crippen molar-refractivity contribution in [1.29, 1.82) is 0 Å². The molecule has 1 heterocycles. The van der Waals surface area contributed by atoms with Gasteiger partial charge in [0.1, 0.15) is 11.8 Å². The van der Waals surface area contributed by atoms with Gasteiger partial charge in [-0.2, -0.15) is 5.06 Å². The van der Waals surface area contributed by atoms with Gasteiger partial charge in [0.2, 0.25) is 5.91 Å².